The van der Waals surface area contributed by atoms with E-state index >= 15 is 0 Å². The lowest BCUT2D eigenvalue weighted by Crippen LogP contribution is -2.40. The maximum Gasteiger partial charge on any atom is 0.227 e. The highest BCUT2D eigenvalue weighted by Gasteiger charge is 2.41. The number of hydrogen-bond acceptors (Lipinski definition) is 3. The van der Waals surface area contributed by atoms with Gasteiger partial charge in [-0.1, -0.05) is 6.92 Å². The molecule has 2 unspecified atom stereocenters. The summed E-state index contributed by atoms with van der Waals surface area (Å²) in [7, 11) is 1.64. The Kier molecular flexibility index (Phi) is 5.14. The summed E-state index contributed by atoms with van der Waals surface area (Å²) in [6.07, 6.45) is 2.09. The number of nitrogens with zero attached hydrogens (tertiary/aromatic N) is 1. The monoisotopic (exact) mass is 255 g/mol. The van der Waals surface area contributed by atoms with Crippen molar-refractivity contribution in [2.75, 3.05) is 26.7 Å². The Morgan fingerprint density at radius 3 is 2.72 bits per heavy atom. The van der Waals surface area contributed by atoms with Gasteiger partial charge in [-0.2, -0.15) is 0 Å². The minimum atomic E-state index is -0.427. The van der Waals surface area contributed by atoms with Crippen LogP contribution in [0.15, 0.2) is 0 Å². The van der Waals surface area contributed by atoms with E-state index in [9.17, 15) is 9.59 Å². The Bertz CT molecular complexity index is 319. The van der Waals surface area contributed by atoms with E-state index in [4.69, 9.17) is 5.73 Å². The number of amides is 2. The zero-order chi connectivity index (χ0) is 13.8. The van der Waals surface area contributed by atoms with E-state index in [-0.39, 0.29) is 11.8 Å². The number of carbonyl (C=O) groups is 2. The second-order valence-electron chi connectivity index (χ2n) is 5.58. The number of carbonyl (C=O) groups excluding carboxylic acids is 2. The van der Waals surface area contributed by atoms with Gasteiger partial charge in [0, 0.05) is 26.6 Å². The molecule has 3 N–H and O–H groups in total. The topological polar surface area (TPSA) is 75.4 Å². The summed E-state index contributed by atoms with van der Waals surface area (Å²) in [4.78, 5) is 25.6. The van der Waals surface area contributed by atoms with Crippen LogP contribution in [0.5, 0.6) is 0 Å². The van der Waals surface area contributed by atoms with Crippen molar-refractivity contribution in [2.24, 2.45) is 17.1 Å². The standard InChI is InChI=1S/C13H25N3O2/c1-10(8-14)4-5-11(17)16-7-6-13(2,9-16)12(18)15-3/h10H,4-9,14H2,1-3H3,(H,15,18). The van der Waals surface area contributed by atoms with Gasteiger partial charge in [0.15, 0.2) is 0 Å². The summed E-state index contributed by atoms with van der Waals surface area (Å²) in [5.74, 6) is 0.540. The first-order valence-corrected chi connectivity index (χ1v) is 6.63. The second-order valence-corrected chi connectivity index (χ2v) is 5.58. The van der Waals surface area contributed by atoms with Gasteiger partial charge in [0.05, 0.1) is 5.41 Å². The highest BCUT2D eigenvalue weighted by Crippen LogP contribution is 2.30. The zero-order valence-corrected chi connectivity index (χ0v) is 11.7. The number of likely N-dealkylation sites (tertiary alicyclic amines) is 1. The van der Waals surface area contributed by atoms with Crippen LogP contribution >= 0.6 is 0 Å². The molecule has 18 heavy (non-hydrogen) atoms. The average Bonchev–Trinajstić information content (AvgIpc) is 2.78. The highest BCUT2D eigenvalue weighted by atomic mass is 16.2. The first kappa shape index (κ1) is 15.0. The Labute approximate surface area is 109 Å². The molecule has 0 aromatic carbocycles. The van der Waals surface area contributed by atoms with Crippen molar-refractivity contribution < 1.29 is 9.59 Å². The van der Waals surface area contributed by atoms with Crippen molar-refractivity contribution >= 4 is 11.8 Å². The number of nitrogens with one attached hydrogen (secondary N) is 1. The van der Waals surface area contributed by atoms with Crippen molar-refractivity contribution in [2.45, 2.75) is 33.1 Å². The summed E-state index contributed by atoms with van der Waals surface area (Å²) in [6.45, 7) is 5.79. The van der Waals surface area contributed by atoms with Crippen molar-refractivity contribution in [1.29, 1.82) is 0 Å². The normalized spacial score (nSPS) is 25.0. The minimum Gasteiger partial charge on any atom is -0.359 e. The van der Waals surface area contributed by atoms with E-state index in [0.29, 0.717) is 32.0 Å². The van der Waals surface area contributed by atoms with Crippen LogP contribution in [0.3, 0.4) is 0 Å². The van der Waals surface area contributed by atoms with Gasteiger partial charge < -0.3 is 16.0 Å². The Balaban J connectivity index is 2.46. The van der Waals surface area contributed by atoms with Crippen molar-refractivity contribution in [1.82, 2.24) is 10.2 Å². The van der Waals surface area contributed by atoms with E-state index in [1.54, 1.807) is 11.9 Å². The SMILES string of the molecule is CNC(=O)C1(C)CCN(C(=O)CCC(C)CN)C1. The summed E-state index contributed by atoms with van der Waals surface area (Å²) in [5.41, 5.74) is 5.11. The fourth-order valence-electron chi connectivity index (χ4n) is 2.31. The van der Waals surface area contributed by atoms with Gasteiger partial charge in [-0.05, 0) is 32.2 Å². The van der Waals surface area contributed by atoms with E-state index in [2.05, 4.69) is 5.32 Å². The first-order chi connectivity index (χ1) is 8.42. The lowest BCUT2D eigenvalue weighted by atomic mass is 9.89. The van der Waals surface area contributed by atoms with Gasteiger partial charge in [0.1, 0.15) is 0 Å². The van der Waals surface area contributed by atoms with Gasteiger partial charge in [-0.15, -0.1) is 0 Å². The molecule has 5 nitrogen and oxygen atoms in total. The van der Waals surface area contributed by atoms with Gasteiger partial charge in [0.25, 0.3) is 0 Å². The lowest BCUT2D eigenvalue weighted by molar-refractivity contribution is -0.132. The first-order valence-electron chi connectivity index (χ1n) is 6.63. The van der Waals surface area contributed by atoms with Crippen LogP contribution in [0.25, 0.3) is 0 Å². The Morgan fingerprint density at radius 2 is 2.17 bits per heavy atom. The quantitative estimate of drug-likeness (QED) is 0.744. The lowest BCUT2D eigenvalue weighted by Gasteiger charge is -2.23. The Hall–Kier alpha value is -1.10. The molecule has 0 saturated carbocycles. The maximum absolute atomic E-state index is 12.0. The molecule has 1 heterocycles. The molecule has 0 aliphatic carbocycles. The fourth-order valence-corrected chi connectivity index (χ4v) is 2.31. The molecule has 1 saturated heterocycles. The smallest absolute Gasteiger partial charge is 0.227 e. The number of hydrogen-bond donors (Lipinski definition) is 2. The molecule has 104 valence electrons. The maximum atomic E-state index is 12.0. The summed E-state index contributed by atoms with van der Waals surface area (Å²) in [6, 6.07) is 0. The summed E-state index contributed by atoms with van der Waals surface area (Å²) < 4.78 is 0. The van der Waals surface area contributed by atoms with Crippen molar-refractivity contribution in [3.05, 3.63) is 0 Å². The molecule has 1 rings (SSSR count). The van der Waals surface area contributed by atoms with E-state index in [0.717, 1.165) is 12.8 Å². The van der Waals surface area contributed by atoms with Crippen LogP contribution in [0.4, 0.5) is 0 Å². The Morgan fingerprint density at radius 1 is 1.50 bits per heavy atom. The molecular weight excluding hydrogens is 230 g/mol. The van der Waals surface area contributed by atoms with Gasteiger partial charge in [0.2, 0.25) is 11.8 Å². The van der Waals surface area contributed by atoms with Crippen LogP contribution in [-0.2, 0) is 9.59 Å². The summed E-state index contributed by atoms with van der Waals surface area (Å²) in [5, 5.41) is 2.67. The largest absolute Gasteiger partial charge is 0.359 e. The molecule has 1 aliphatic heterocycles. The third kappa shape index (κ3) is 3.45. The summed E-state index contributed by atoms with van der Waals surface area (Å²) >= 11 is 0. The van der Waals surface area contributed by atoms with Gasteiger partial charge in [-0.3, -0.25) is 9.59 Å². The van der Waals surface area contributed by atoms with E-state index in [1.165, 1.54) is 0 Å². The predicted molar refractivity (Wildman–Crippen MR) is 70.8 cm³/mol. The number of nitrogens with two attached hydrogens (primary N) is 1. The average molecular weight is 255 g/mol. The molecular formula is C13H25N3O2. The third-order valence-corrected chi connectivity index (χ3v) is 3.85. The molecule has 2 atom stereocenters. The second kappa shape index (κ2) is 6.18. The van der Waals surface area contributed by atoms with Crippen molar-refractivity contribution in [3.63, 3.8) is 0 Å². The van der Waals surface area contributed by atoms with Crippen LogP contribution < -0.4 is 11.1 Å². The minimum absolute atomic E-state index is 0.0214. The number of rotatable bonds is 5. The van der Waals surface area contributed by atoms with Crippen molar-refractivity contribution in [3.8, 4) is 0 Å². The molecule has 0 bridgehead atoms. The van der Waals surface area contributed by atoms with E-state index < -0.39 is 5.41 Å². The molecule has 5 heteroatoms. The van der Waals surface area contributed by atoms with Crippen LogP contribution in [0.2, 0.25) is 0 Å². The van der Waals surface area contributed by atoms with Crippen LogP contribution in [0.1, 0.15) is 33.1 Å². The molecule has 0 spiro atoms. The van der Waals surface area contributed by atoms with Gasteiger partial charge in [-0.25, -0.2) is 0 Å². The van der Waals surface area contributed by atoms with E-state index in [1.807, 2.05) is 13.8 Å². The van der Waals surface area contributed by atoms with Gasteiger partial charge >= 0.3 is 0 Å². The predicted octanol–water partition coefficient (Wildman–Crippen LogP) is 0.346. The molecule has 1 fully saturated rings. The molecule has 0 radical (unpaired) electrons. The molecule has 2 amide bonds. The molecule has 1 aliphatic rings. The molecule has 0 aromatic rings. The molecule has 0 aromatic heterocycles. The zero-order valence-electron chi connectivity index (χ0n) is 11.7. The van der Waals surface area contributed by atoms with Crippen LogP contribution in [-0.4, -0.2) is 43.4 Å². The highest BCUT2D eigenvalue weighted by molar-refractivity contribution is 5.84. The van der Waals surface area contributed by atoms with Crippen LogP contribution in [0, 0.1) is 11.3 Å². The fraction of sp³-hybridized carbons (Fsp3) is 0.846. The third-order valence-electron chi connectivity index (χ3n) is 3.85.